The summed E-state index contributed by atoms with van der Waals surface area (Å²) in [4.78, 5) is 0. The van der Waals surface area contributed by atoms with E-state index in [1.54, 1.807) is 27.2 Å². The van der Waals surface area contributed by atoms with Crippen molar-refractivity contribution in [2.45, 2.75) is 40.5 Å². The van der Waals surface area contributed by atoms with Crippen molar-refractivity contribution in [1.82, 2.24) is 0 Å². The molecule has 0 bridgehead atoms. The molecule has 0 atom stereocenters. The first-order valence-corrected chi connectivity index (χ1v) is 9.96. The van der Waals surface area contributed by atoms with Crippen molar-refractivity contribution in [2.75, 3.05) is 40.6 Å². The van der Waals surface area contributed by atoms with Crippen LogP contribution in [0.1, 0.15) is 35.1 Å². The van der Waals surface area contributed by atoms with Crippen LogP contribution in [0.4, 0.5) is 4.39 Å². The van der Waals surface area contributed by atoms with Gasteiger partial charge in [-0.2, -0.15) is 0 Å². The number of rotatable bonds is 10. The van der Waals surface area contributed by atoms with Gasteiger partial charge in [0, 0.05) is 40.3 Å². The Kier molecular flexibility index (Phi) is 12.0. The molecule has 162 valence electrons. The van der Waals surface area contributed by atoms with Gasteiger partial charge >= 0.3 is 0 Å². The van der Waals surface area contributed by atoms with E-state index in [0.29, 0.717) is 18.8 Å². The summed E-state index contributed by atoms with van der Waals surface area (Å²) in [6, 6.07) is 9.49. The van der Waals surface area contributed by atoms with E-state index in [4.69, 9.17) is 18.9 Å². The van der Waals surface area contributed by atoms with Gasteiger partial charge in [-0.1, -0.05) is 12.1 Å². The Balaban J connectivity index is 0.000000291. The van der Waals surface area contributed by atoms with E-state index in [1.807, 2.05) is 6.92 Å². The average molecular weight is 407 g/mol. The molecule has 0 aromatic heterocycles. The van der Waals surface area contributed by atoms with Crippen LogP contribution in [-0.4, -0.2) is 40.6 Å². The van der Waals surface area contributed by atoms with Crippen molar-refractivity contribution in [3.8, 4) is 11.5 Å². The zero-order valence-corrected chi connectivity index (χ0v) is 18.6. The van der Waals surface area contributed by atoms with Gasteiger partial charge in [0.1, 0.15) is 17.3 Å². The highest BCUT2D eigenvalue weighted by Gasteiger charge is 2.04. The SMILES string of the molecule is COCCCOc1cc(C)c(F)cc1C.COCCCOc1cc(C)ccc1C. The van der Waals surface area contributed by atoms with Crippen LogP contribution in [0.25, 0.3) is 0 Å². The molecule has 0 fully saturated rings. The molecule has 2 rings (SSSR count). The first-order valence-electron chi connectivity index (χ1n) is 9.96. The molecule has 0 spiro atoms. The van der Waals surface area contributed by atoms with Gasteiger partial charge in [0.25, 0.3) is 0 Å². The summed E-state index contributed by atoms with van der Waals surface area (Å²) in [5.41, 5.74) is 3.86. The molecule has 2 aromatic rings. The van der Waals surface area contributed by atoms with E-state index < -0.39 is 0 Å². The molecule has 0 aliphatic rings. The minimum absolute atomic E-state index is 0.184. The maximum absolute atomic E-state index is 13.1. The lowest BCUT2D eigenvalue weighted by Gasteiger charge is -2.10. The lowest BCUT2D eigenvalue weighted by Crippen LogP contribution is -2.03. The Morgan fingerprint density at radius 1 is 0.655 bits per heavy atom. The smallest absolute Gasteiger partial charge is 0.126 e. The van der Waals surface area contributed by atoms with Crippen molar-refractivity contribution < 1.29 is 23.3 Å². The molecule has 0 heterocycles. The summed E-state index contributed by atoms with van der Waals surface area (Å²) in [6.45, 7) is 10.5. The Bertz CT molecular complexity index is 731. The first-order chi connectivity index (χ1) is 13.9. The van der Waals surface area contributed by atoms with Gasteiger partial charge < -0.3 is 18.9 Å². The number of ether oxygens (including phenoxy) is 4. The second-order valence-electron chi connectivity index (χ2n) is 7.03. The van der Waals surface area contributed by atoms with Crippen molar-refractivity contribution in [3.05, 3.63) is 58.4 Å². The molecule has 0 amide bonds. The fourth-order valence-corrected chi connectivity index (χ4v) is 2.54. The summed E-state index contributed by atoms with van der Waals surface area (Å²) in [6.07, 6.45) is 1.77. The predicted octanol–water partition coefficient (Wildman–Crippen LogP) is 5.58. The van der Waals surface area contributed by atoms with E-state index >= 15 is 0 Å². The fraction of sp³-hybridized carbons (Fsp3) is 0.500. The van der Waals surface area contributed by atoms with Gasteiger partial charge in [-0.3, -0.25) is 0 Å². The normalized spacial score (nSPS) is 10.3. The molecule has 0 radical (unpaired) electrons. The second kappa shape index (κ2) is 14.0. The standard InChI is InChI=1S/C12H17FO2.C12H18O2/c1-9-8-12(10(2)7-11(9)13)15-6-4-5-14-3;1-10-5-6-11(2)12(9-10)14-8-4-7-13-3/h7-8H,4-6H2,1-3H3;5-6,9H,4,7-8H2,1-3H3. The maximum atomic E-state index is 13.1. The predicted molar refractivity (Wildman–Crippen MR) is 116 cm³/mol. The van der Waals surface area contributed by atoms with E-state index in [1.165, 1.54) is 17.2 Å². The number of halogens is 1. The summed E-state index contributed by atoms with van der Waals surface area (Å²) in [5, 5.41) is 0. The maximum Gasteiger partial charge on any atom is 0.126 e. The second-order valence-corrected chi connectivity index (χ2v) is 7.03. The van der Waals surface area contributed by atoms with E-state index in [2.05, 4.69) is 32.0 Å². The molecule has 5 heteroatoms. The highest BCUT2D eigenvalue weighted by atomic mass is 19.1. The molecule has 4 nitrogen and oxygen atoms in total. The molecular weight excluding hydrogens is 371 g/mol. The summed E-state index contributed by atoms with van der Waals surface area (Å²) in [5.74, 6) is 1.56. The third-order valence-corrected chi connectivity index (χ3v) is 4.30. The lowest BCUT2D eigenvalue weighted by atomic mass is 10.1. The Labute approximate surface area is 174 Å². The summed E-state index contributed by atoms with van der Waals surface area (Å²) in [7, 11) is 3.37. The Morgan fingerprint density at radius 2 is 1.21 bits per heavy atom. The van der Waals surface area contributed by atoms with Gasteiger partial charge in [-0.15, -0.1) is 0 Å². The van der Waals surface area contributed by atoms with Crippen LogP contribution in [0.2, 0.25) is 0 Å². The van der Waals surface area contributed by atoms with Crippen LogP contribution in [0.3, 0.4) is 0 Å². The number of aryl methyl sites for hydroxylation is 4. The number of methoxy groups -OCH3 is 2. The number of benzene rings is 2. The average Bonchev–Trinajstić information content (AvgIpc) is 2.69. The molecule has 0 saturated carbocycles. The molecule has 0 aliphatic heterocycles. The van der Waals surface area contributed by atoms with Gasteiger partial charge in [-0.05, 0) is 68.1 Å². The highest BCUT2D eigenvalue weighted by Crippen LogP contribution is 2.22. The van der Waals surface area contributed by atoms with Gasteiger partial charge in [0.2, 0.25) is 0 Å². The molecule has 0 unspecified atom stereocenters. The molecule has 29 heavy (non-hydrogen) atoms. The van der Waals surface area contributed by atoms with Crippen LogP contribution >= 0.6 is 0 Å². The monoisotopic (exact) mass is 406 g/mol. The van der Waals surface area contributed by atoms with Crippen LogP contribution in [-0.2, 0) is 9.47 Å². The number of hydrogen-bond acceptors (Lipinski definition) is 4. The van der Waals surface area contributed by atoms with E-state index in [-0.39, 0.29) is 5.82 Å². The van der Waals surface area contributed by atoms with E-state index in [0.717, 1.165) is 43.1 Å². The Morgan fingerprint density at radius 3 is 1.76 bits per heavy atom. The van der Waals surface area contributed by atoms with Crippen LogP contribution in [0, 0.1) is 33.5 Å². The minimum atomic E-state index is -0.184. The Hall–Kier alpha value is -2.11. The van der Waals surface area contributed by atoms with E-state index in [9.17, 15) is 4.39 Å². The first kappa shape index (κ1) is 24.9. The highest BCUT2D eigenvalue weighted by molar-refractivity contribution is 5.37. The van der Waals surface area contributed by atoms with Crippen molar-refractivity contribution >= 4 is 0 Å². The summed E-state index contributed by atoms with van der Waals surface area (Å²) < 4.78 is 34.2. The van der Waals surface area contributed by atoms with Crippen LogP contribution in [0.5, 0.6) is 11.5 Å². The topological polar surface area (TPSA) is 36.9 Å². The van der Waals surface area contributed by atoms with Crippen LogP contribution < -0.4 is 9.47 Å². The zero-order valence-electron chi connectivity index (χ0n) is 18.6. The molecule has 0 saturated heterocycles. The van der Waals surface area contributed by atoms with Gasteiger partial charge in [0.15, 0.2) is 0 Å². The van der Waals surface area contributed by atoms with Crippen LogP contribution in [0.15, 0.2) is 30.3 Å². The largest absolute Gasteiger partial charge is 0.493 e. The molecule has 0 N–H and O–H groups in total. The van der Waals surface area contributed by atoms with Gasteiger partial charge in [-0.25, -0.2) is 4.39 Å². The zero-order chi connectivity index (χ0) is 21.6. The quantitative estimate of drug-likeness (QED) is 0.483. The lowest BCUT2D eigenvalue weighted by molar-refractivity contribution is 0.171. The minimum Gasteiger partial charge on any atom is -0.493 e. The fourth-order valence-electron chi connectivity index (χ4n) is 2.54. The van der Waals surface area contributed by atoms with Crippen molar-refractivity contribution in [2.24, 2.45) is 0 Å². The molecular formula is C24H35FO4. The third-order valence-electron chi connectivity index (χ3n) is 4.30. The van der Waals surface area contributed by atoms with Crippen molar-refractivity contribution in [3.63, 3.8) is 0 Å². The third kappa shape index (κ3) is 9.77. The van der Waals surface area contributed by atoms with Gasteiger partial charge in [0.05, 0.1) is 13.2 Å². The molecule has 2 aromatic carbocycles. The number of hydrogen-bond donors (Lipinski definition) is 0. The van der Waals surface area contributed by atoms with Crippen molar-refractivity contribution in [1.29, 1.82) is 0 Å². The molecule has 0 aliphatic carbocycles. The summed E-state index contributed by atoms with van der Waals surface area (Å²) >= 11 is 0.